The molecule has 0 aromatic heterocycles. The van der Waals surface area contributed by atoms with Crippen molar-refractivity contribution in [2.75, 3.05) is 6.54 Å². The fourth-order valence-corrected chi connectivity index (χ4v) is 2.28. The molecule has 0 saturated heterocycles. The highest BCUT2D eigenvalue weighted by molar-refractivity contribution is 5.77. The average Bonchev–Trinajstić information content (AvgIpc) is 2.37. The van der Waals surface area contributed by atoms with Gasteiger partial charge in [-0.25, -0.2) is 0 Å². The SMILES string of the molecule is CC(C)C(N)CC(=O)N1CCc2ccccc2C1. The average molecular weight is 246 g/mol. The Bertz CT molecular complexity index is 428. The predicted octanol–water partition coefficient (Wildman–Crippen LogP) is 1.94. The normalized spacial score (nSPS) is 16.6. The molecule has 0 spiro atoms. The van der Waals surface area contributed by atoms with E-state index in [4.69, 9.17) is 5.73 Å². The van der Waals surface area contributed by atoms with Crippen LogP contribution in [0.2, 0.25) is 0 Å². The molecule has 98 valence electrons. The maximum atomic E-state index is 12.2. The Morgan fingerprint density at radius 1 is 1.33 bits per heavy atom. The molecule has 3 heteroatoms. The second-order valence-electron chi connectivity index (χ2n) is 5.45. The van der Waals surface area contributed by atoms with Crippen LogP contribution in [0.25, 0.3) is 0 Å². The predicted molar refractivity (Wildman–Crippen MR) is 73.0 cm³/mol. The van der Waals surface area contributed by atoms with Gasteiger partial charge in [0.15, 0.2) is 0 Å². The molecule has 1 aromatic rings. The number of rotatable bonds is 3. The third-order valence-corrected chi connectivity index (χ3v) is 3.75. The summed E-state index contributed by atoms with van der Waals surface area (Å²) >= 11 is 0. The summed E-state index contributed by atoms with van der Waals surface area (Å²) in [7, 11) is 0. The number of carbonyl (C=O) groups is 1. The second kappa shape index (κ2) is 5.53. The van der Waals surface area contributed by atoms with Gasteiger partial charge >= 0.3 is 0 Å². The zero-order valence-corrected chi connectivity index (χ0v) is 11.2. The van der Waals surface area contributed by atoms with Crippen molar-refractivity contribution in [2.45, 2.75) is 39.3 Å². The lowest BCUT2D eigenvalue weighted by molar-refractivity contribution is -0.132. The summed E-state index contributed by atoms with van der Waals surface area (Å²) in [5, 5.41) is 0. The van der Waals surface area contributed by atoms with Crippen molar-refractivity contribution >= 4 is 5.91 Å². The van der Waals surface area contributed by atoms with Gasteiger partial charge in [-0.1, -0.05) is 38.1 Å². The van der Waals surface area contributed by atoms with Crippen LogP contribution in [0, 0.1) is 5.92 Å². The van der Waals surface area contributed by atoms with Gasteiger partial charge in [-0.3, -0.25) is 4.79 Å². The molecule has 1 atom stereocenters. The van der Waals surface area contributed by atoms with E-state index in [1.165, 1.54) is 11.1 Å². The number of nitrogens with two attached hydrogens (primary N) is 1. The van der Waals surface area contributed by atoms with E-state index in [9.17, 15) is 4.79 Å². The van der Waals surface area contributed by atoms with E-state index in [-0.39, 0.29) is 11.9 Å². The standard InChI is InChI=1S/C15H22N2O/c1-11(2)14(16)9-15(18)17-8-7-12-5-3-4-6-13(12)10-17/h3-6,11,14H,7-10,16H2,1-2H3. The van der Waals surface area contributed by atoms with Gasteiger partial charge in [0.25, 0.3) is 0 Å². The van der Waals surface area contributed by atoms with Crippen molar-refractivity contribution < 1.29 is 4.79 Å². The first kappa shape index (κ1) is 13.1. The molecule has 2 rings (SSSR count). The number of hydrogen-bond acceptors (Lipinski definition) is 2. The van der Waals surface area contributed by atoms with Crippen molar-refractivity contribution in [1.29, 1.82) is 0 Å². The molecule has 18 heavy (non-hydrogen) atoms. The summed E-state index contributed by atoms with van der Waals surface area (Å²) < 4.78 is 0. The van der Waals surface area contributed by atoms with E-state index in [0.717, 1.165) is 19.5 Å². The molecule has 0 saturated carbocycles. The highest BCUT2D eigenvalue weighted by Crippen LogP contribution is 2.19. The van der Waals surface area contributed by atoms with Crippen LogP contribution in [0.3, 0.4) is 0 Å². The van der Waals surface area contributed by atoms with Crippen LogP contribution >= 0.6 is 0 Å². The van der Waals surface area contributed by atoms with Crippen LogP contribution in [-0.2, 0) is 17.8 Å². The molecule has 1 heterocycles. The smallest absolute Gasteiger partial charge is 0.224 e. The van der Waals surface area contributed by atoms with E-state index < -0.39 is 0 Å². The highest BCUT2D eigenvalue weighted by atomic mass is 16.2. The fourth-order valence-electron chi connectivity index (χ4n) is 2.28. The first-order valence-corrected chi connectivity index (χ1v) is 6.68. The van der Waals surface area contributed by atoms with E-state index in [1.54, 1.807) is 0 Å². The quantitative estimate of drug-likeness (QED) is 0.886. The largest absolute Gasteiger partial charge is 0.338 e. The monoisotopic (exact) mass is 246 g/mol. The first-order chi connectivity index (χ1) is 8.58. The lowest BCUT2D eigenvalue weighted by Gasteiger charge is -2.30. The molecule has 0 bridgehead atoms. The van der Waals surface area contributed by atoms with Crippen LogP contribution < -0.4 is 5.73 Å². The Labute approximate surface area is 109 Å². The molecule has 3 nitrogen and oxygen atoms in total. The van der Waals surface area contributed by atoms with Crippen LogP contribution in [0.1, 0.15) is 31.4 Å². The van der Waals surface area contributed by atoms with Crippen LogP contribution in [0.15, 0.2) is 24.3 Å². The van der Waals surface area contributed by atoms with Crippen LogP contribution in [-0.4, -0.2) is 23.4 Å². The van der Waals surface area contributed by atoms with Crippen molar-refractivity contribution in [3.8, 4) is 0 Å². The number of hydrogen-bond donors (Lipinski definition) is 1. The van der Waals surface area contributed by atoms with Crippen LogP contribution in [0.5, 0.6) is 0 Å². The summed E-state index contributed by atoms with van der Waals surface area (Å²) in [5.74, 6) is 0.539. The highest BCUT2D eigenvalue weighted by Gasteiger charge is 2.22. The van der Waals surface area contributed by atoms with Gasteiger partial charge in [0, 0.05) is 25.6 Å². The molecule has 1 aliphatic heterocycles. The van der Waals surface area contributed by atoms with Gasteiger partial charge in [0.05, 0.1) is 0 Å². The number of nitrogens with zero attached hydrogens (tertiary/aromatic N) is 1. The van der Waals surface area contributed by atoms with Crippen molar-refractivity contribution in [3.63, 3.8) is 0 Å². The molecule has 0 fully saturated rings. The Morgan fingerprint density at radius 2 is 2.00 bits per heavy atom. The second-order valence-corrected chi connectivity index (χ2v) is 5.45. The Morgan fingerprint density at radius 3 is 2.67 bits per heavy atom. The van der Waals surface area contributed by atoms with Crippen LogP contribution in [0.4, 0.5) is 0 Å². The number of benzene rings is 1. The summed E-state index contributed by atoms with van der Waals surface area (Å²) in [5.41, 5.74) is 8.61. The minimum absolute atomic E-state index is 0.0327. The maximum absolute atomic E-state index is 12.2. The van der Waals surface area contributed by atoms with E-state index in [0.29, 0.717) is 12.3 Å². The van der Waals surface area contributed by atoms with Crippen molar-refractivity contribution in [2.24, 2.45) is 11.7 Å². The van der Waals surface area contributed by atoms with Gasteiger partial charge in [0.1, 0.15) is 0 Å². The minimum atomic E-state index is -0.0327. The first-order valence-electron chi connectivity index (χ1n) is 6.68. The number of fused-ring (bicyclic) bond motifs is 1. The van der Waals surface area contributed by atoms with Crippen molar-refractivity contribution in [3.05, 3.63) is 35.4 Å². The molecule has 2 N–H and O–H groups in total. The summed E-state index contributed by atoms with van der Waals surface area (Å²) in [6.45, 7) is 5.67. The van der Waals surface area contributed by atoms with E-state index in [1.807, 2.05) is 11.0 Å². The summed E-state index contributed by atoms with van der Waals surface area (Å²) in [4.78, 5) is 14.1. The summed E-state index contributed by atoms with van der Waals surface area (Å²) in [6, 6.07) is 8.32. The van der Waals surface area contributed by atoms with Gasteiger partial charge < -0.3 is 10.6 Å². The molecule has 0 aliphatic carbocycles. The van der Waals surface area contributed by atoms with E-state index >= 15 is 0 Å². The third-order valence-electron chi connectivity index (χ3n) is 3.75. The van der Waals surface area contributed by atoms with Gasteiger partial charge in [-0.05, 0) is 23.5 Å². The Kier molecular flexibility index (Phi) is 4.02. The molecule has 1 unspecified atom stereocenters. The third kappa shape index (κ3) is 2.91. The summed E-state index contributed by atoms with van der Waals surface area (Å²) in [6.07, 6.45) is 1.42. The minimum Gasteiger partial charge on any atom is -0.338 e. The molecule has 1 aliphatic rings. The molecule has 0 radical (unpaired) electrons. The molecular formula is C15H22N2O. The molecule has 1 aromatic carbocycles. The molecular weight excluding hydrogens is 224 g/mol. The zero-order chi connectivity index (χ0) is 13.1. The fraction of sp³-hybridized carbons (Fsp3) is 0.533. The van der Waals surface area contributed by atoms with Gasteiger partial charge in [-0.15, -0.1) is 0 Å². The van der Waals surface area contributed by atoms with Crippen molar-refractivity contribution in [1.82, 2.24) is 4.90 Å². The number of carbonyl (C=O) groups excluding carboxylic acids is 1. The Hall–Kier alpha value is -1.35. The van der Waals surface area contributed by atoms with Gasteiger partial charge in [-0.2, -0.15) is 0 Å². The lowest BCUT2D eigenvalue weighted by Crippen LogP contribution is -2.40. The molecule has 1 amide bonds. The van der Waals surface area contributed by atoms with E-state index in [2.05, 4.69) is 32.0 Å². The van der Waals surface area contributed by atoms with Gasteiger partial charge in [0.2, 0.25) is 5.91 Å². The zero-order valence-electron chi connectivity index (χ0n) is 11.2. The maximum Gasteiger partial charge on any atom is 0.224 e. The topological polar surface area (TPSA) is 46.3 Å². The lowest BCUT2D eigenvalue weighted by atomic mass is 9.98. The Balaban J connectivity index is 1.98. The number of amides is 1.